The molecule has 0 unspecified atom stereocenters. The number of para-hydroxylation sites is 1. The summed E-state index contributed by atoms with van der Waals surface area (Å²) in [5.41, 5.74) is 2.24. The number of amides is 1. The van der Waals surface area contributed by atoms with Crippen LogP contribution in [-0.2, 0) is 13.6 Å². The van der Waals surface area contributed by atoms with Gasteiger partial charge in [-0.3, -0.25) is 9.48 Å². The van der Waals surface area contributed by atoms with E-state index in [1.165, 1.54) is 21.8 Å². The number of carbonyl (C=O) groups excluding carboxylic acids is 1. The van der Waals surface area contributed by atoms with Crippen LogP contribution in [0, 0.1) is 11.6 Å². The van der Waals surface area contributed by atoms with Gasteiger partial charge in [0.15, 0.2) is 0 Å². The first-order chi connectivity index (χ1) is 14.4. The van der Waals surface area contributed by atoms with Gasteiger partial charge >= 0.3 is 0 Å². The fourth-order valence-electron chi connectivity index (χ4n) is 3.24. The largest absolute Gasteiger partial charge is 0.337 e. The van der Waals surface area contributed by atoms with Crippen molar-refractivity contribution in [2.75, 3.05) is 7.05 Å². The highest BCUT2D eigenvalue weighted by Gasteiger charge is 2.23. The second-order valence-corrected chi connectivity index (χ2v) is 6.98. The number of hydrogen-bond acceptors (Lipinski definition) is 3. The Hall–Kier alpha value is -3.81. The van der Waals surface area contributed by atoms with E-state index in [0.717, 1.165) is 23.4 Å². The maximum atomic E-state index is 14.3. The average molecular weight is 407 g/mol. The Labute approximate surface area is 172 Å². The molecule has 2 aromatic heterocycles. The zero-order chi connectivity index (χ0) is 21.3. The van der Waals surface area contributed by atoms with Crippen molar-refractivity contribution in [1.82, 2.24) is 24.5 Å². The average Bonchev–Trinajstić information content (AvgIpc) is 3.35. The smallest absolute Gasteiger partial charge is 0.257 e. The summed E-state index contributed by atoms with van der Waals surface area (Å²) in [6.07, 6.45) is 5.08. The molecule has 0 aliphatic carbocycles. The van der Waals surface area contributed by atoms with Crippen molar-refractivity contribution in [2.24, 2.45) is 7.05 Å². The minimum Gasteiger partial charge on any atom is -0.337 e. The van der Waals surface area contributed by atoms with E-state index in [0.29, 0.717) is 6.54 Å². The lowest BCUT2D eigenvalue weighted by atomic mass is 10.1. The van der Waals surface area contributed by atoms with E-state index in [2.05, 4.69) is 10.2 Å². The Kier molecular flexibility index (Phi) is 5.14. The van der Waals surface area contributed by atoms with Crippen LogP contribution in [0.25, 0.3) is 16.9 Å². The minimum absolute atomic E-state index is 0.0747. The predicted molar refractivity (Wildman–Crippen MR) is 108 cm³/mol. The third-order valence-corrected chi connectivity index (χ3v) is 4.67. The van der Waals surface area contributed by atoms with Crippen molar-refractivity contribution in [3.05, 3.63) is 89.9 Å². The molecule has 6 nitrogen and oxygen atoms in total. The van der Waals surface area contributed by atoms with Gasteiger partial charge in [-0.25, -0.2) is 13.5 Å². The lowest BCUT2D eigenvalue weighted by molar-refractivity contribution is 0.0785. The number of halogens is 2. The zero-order valence-electron chi connectivity index (χ0n) is 16.5. The molecule has 0 bridgehead atoms. The van der Waals surface area contributed by atoms with Gasteiger partial charge in [0.05, 0.1) is 17.4 Å². The zero-order valence-corrected chi connectivity index (χ0v) is 16.5. The first-order valence-corrected chi connectivity index (χ1v) is 9.26. The Morgan fingerprint density at radius 1 is 1.10 bits per heavy atom. The van der Waals surface area contributed by atoms with E-state index < -0.39 is 11.6 Å². The van der Waals surface area contributed by atoms with Crippen molar-refractivity contribution in [3.8, 4) is 16.9 Å². The summed E-state index contributed by atoms with van der Waals surface area (Å²) >= 11 is 0. The normalized spacial score (nSPS) is 10.9. The van der Waals surface area contributed by atoms with Crippen molar-refractivity contribution < 1.29 is 13.6 Å². The second kappa shape index (κ2) is 7.90. The van der Waals surface area contributed by atoms with Crippen LogP contribution < -0.4 is 0 Å². The Morgan fingerprint density at radius 3 is 2.60 bits per heavy atom. The van der Waals surface area contributed by atoms with Crippen LogP contribution in [0.15, 0.2) is 67.1 Å². The molecule has 2 heterocycles. The summed E-state index contributed by atoms with van der Waals surface area (Å²) in [4.78, 5) is 14.6. The van der Waals surface area contributed by atoms with Crippen molar-refractivity contribution in [1.29, 1.82) is 0 Å². The summed E-state index contributed by atoms with van der Waals surface area (Å²) in [5.74, 6) is -1.78. The molecule has 0 atom stereocenters. The molecule has 2 aromatic carbocycles. The number of rotatable bonds is 5. The van der Waals surface area contributed by atoms with Gasteiger partial charge in [-0.1, -0.05) is 18.2 Å². The van der Waals surface area contributed by atoms with Crippen molar-refractivity contribution in [3.63, 3.8) is 0 Å². The van der Waals surface area contributed by atoms with Gasteiger partial charge in [-0.05, 0) is 24.3 Å². The quantitative estimate of drug-likeness (QED) is 0.505. The number of benzene rings is 2. The molecule has 0 N–H and O–H groups in total. The molecule has 8 heteroatoms. The van der Waals surface area contributed by atoms with E-state index in [1.54, 1.807) is 25.0 Å². The van der Waals surface area contributed by atoms with E-state index in [9.17, 15) is 13.6 Å². The maximum Gasteiger partial charge on any atom is 0.257 e. The monoisotopic (exact) mass is 407 g/mol. The second-order valence-electron chi connectivity index (χ2n) is 6.98. The SMILES string of the molecule is CN(Cc1cnn(-c2ccccc2)c1)C(=O)c1cn(C)nc1-c1ccc(F)cc1F. The summed E-state index contributed by atoms with van der Waals surface area (Å²) < 4.78 is 30.7. The molecule has 0 radical (unpaired) electrons. The molecule has 30 heavy (non-hydrogen) atoms. The van der Waals surface area contributed by atoms with Gasteiger partial charge in [0.25, 0.3) is 5.91 Å². The first-order valence-electron chi connectivity index (χ1n) is 9.26. The standard InChI is InChI=1S/C22H19F2N5O/c1-27(12-15-11-25-29(13-15)17-6-4-3-5-7-17)22(30)19-14-28(2)26-21(19)18-9-8-16(23)10-20(18)24/h3-11,13-14H,12H2,1-2H3. The molecule has 0 saturated carbocycles. The summed E-state index contributed by atoms with van der Waals surface area (Å²) in [5, 5.41) is 8.55. The Morgan fingerprint density at radius 2 is 1.87 bits per heavy atom. The topological polar surface area (TPSA) is 56.0 Å². The van der Waals surface area contributed by atoms with Gasteiger partial charge < -0.3 is 4.90 Å². The molecule has 0 aliphatic rings. The molecular weight excluding hydrogens is 388 g/mol. The molecule has 152 valence electrons. The van der Waals surface area contributed by atoms with Crippen LogP contribution in [0.1, 0.15) is 15.9 Å². The summed E-state index contributed by atoms with van der Waals surface area (Å²) in [6, 6.07) is 12.8. The van der Waals surface area contributed by atoms with E-state index in [4.69, 9.17) is 0 Å². The molecule has 4 rings (SSSR count). The van der Waals surface area contributed by atoms with Crippen LogP contribution in [0.3, 0.4) is 0 Å². The fourth-order valence-corrected chi connectivity index (χ4v) is 3.24. The van der Waals surface area contributed by atoms with Gasteiger partial charge in [0.2, 0.25) is 0 Å². The number of nitrogens with zero attached hydrogens (tertiary/aromatic N) is 5. The third-order valence-electron chi connectivity index (χ3n) is 4.67. The number of carbonyl (C=O) groups is 1. The van der Waals surface area contributed by atoms with E-state index >= 15 is 0 Å². The van der Waals surface area contributed by atoms with Crippen molar-refractivity contribution in [2.45, 2.75) is 6.54 Å². The van der Waals surface area contributed by atoms with Gasteiger partial charge in [0.1, 0.15) is 17.3 Å². The summed E-state index contributed by atoms with van der Waals surface area (Å²) in [6.45, 7) is 0.311. The van der Waals surface area contributed by atoms with Gasteiger partial charge in [-0.15, -0.1) is 0 Å². The van der Waals surface area contributed by atoms with Crippen LogP contribution in [-0.4, -0.2) is 37.4 Å². The highest BCUT2D eigenvalue weighted by atomic mass is 19.1. The van der Waals surface area contributed by atoms with Crippen molar-refractivity contribution >= 4 is 5.91 Å². The highest BCUT2D eigenvalue weighted by Crippen LogP contribution is 2.26. The summed E-state index contributed by atoms with van der Waals surface area (Å²) in [7, 11) is 3.30. The Balaban J connectivity index is 1.57. The number of aryl methyl sites for hydroxylation is 1. The fraction of sp³-hybridized carbons (Fsp3) is 0.136. The van der Waals surface area contributed by atoms with E-state index in [1.807, 2.05) is 36.5 Å². The maximum absolute atomic E-state index is 14.3. The minimum atomic E-state index is -0.769. The van der Waals surface area contributed by atoms with Crippen LogP contribution in [0.4, 0.5) is 8.78 Å². The lowest BCUT2D eigenvalue weighted by Crippen LogP contribution is -2.26. The molecule has 0 aliphatic heterocycles. The van der Waals surface area contributed by atoms with Crippen LogP contribution in [0.2, 0.25) is 0 Å². The first kappa shape index (κ1) is 19.5. The number of aromatic nitrogens is 4. The molecule has 1 amide bonds. The van der Waals surface area contributed by atoms with Crippen LogP contribution in [0.5, 0.6) is 0 Å². The van der Waals surface area contributed by atoms with E-state index in [-0.39, 0.29) is 22.7 Å². The molecule has 0 spiro atoms. The molecule has 4 aromatic rings. The third kappa shape index (κ3) is 3.84. The molecule has 0 saturated heterocycles. The number of hydrogen-bond donors (Lipinski definition) is 0. The van der Waals surface area contributed by atoms with Gasteiger partial charge in [0, 0.05) is 50.2 Å². The molecule has 0 fully saturated rings. The molecular formula is C22H19F2N5O. The van der Waals surface area contributed by atoms with Crippen LogP contribution >= 0.6 is 0 Å². The van der Waals surface area contributed by atoms with Gasteiger partial charge in [-0.2, -0.15) is 10.2 Å². The Bertz CT molecular complexity index is 1200. The highest BCUT2D eigenvalue weighted by molar-refractivity contribution is 5.99. The lowest BCUT2D eigenvalue weighted by Gasteiger charge is -2.16. The predicted octanol–water partition coefficient (Wildman–Crippen LogP) is 3.82.